The summed E-state index contributed by atoms with van der Waals surface area (Å²) in [5.41, 5.74) is 7.85. The molecule has 108 valence electrons. The lowest BCUT2D eigenvalue weighted by atomic mass is 10.1. The maximum atomic E-state index is 12.0. The van der Waals surface area contributed by atoms with E-state index < -0.39 is 0 Å². The molecule has 0 aliphatic carbocycles. The fourth-order valence-electron chi connectivity index (χ4n) is 1.92. The van der Waals surface area contributed by atoms with Crippen LogP contribution in [0.25, 0.3) is 0 Å². The zero-order chi connectivity index (χ0) is 15.4. The Bertz CT molecular complexity index is 681. The van der Waals surface area contributed by atoms with E-state index in [1.807, 2.05) is 38.1 Å². The molecule has 0 bridgehead atoms. The first kappa shape index (κ1) is 15.5. The molecule has 0 aliphatic rings. The van der Waals surface area contributed by atoms with Gasteiger partial charge in [-0.3, -0.25) is 20.4 Å². The number of amides is 2. The van der Waals surface area contributed by atoms with Gasteiger partial charge in [0.2, 0.25) is 0 Å². The van der Waals surface area contributed by atoms with Crippen LogP contribution in [0.1, 0.15) is 31.8 Å². The van der Waals surface area contributed by atoms with E-state index in [4.69, 9.17) is 0 Å². The molecule has 0 aliphatic heterocycles. The third kappa shape index (κ3) is 4.04. The Morgan fingerprint density at radius 3 is 2.14 bits per heavy atom. The summed E-state index contributed by atoms with van der Waals surface area (Å²) < 4.78 is 1.04. The molecule has 0 radical (unpaired) electrons. The minimum atomic E-state index is -0.343. The van der Waals surface area contributed by atoms with Crippen molar-refractivity contribution in [3.05, 3.63) is 68.3 Å². The number of aryl methyl sites for hydroxylation is 2. The summed E-state index contributed by atoms with van der Waals surface area (Å²) >= 11 is 2.16. The van der Waals surface area contributed by atoms with Crippen molar-refractivity contribution in [2.45, 2.75) is 13.8 Å². The van der Waals surface area contributed by atoms with Crippen LogP contribution in [0.5, 0.6) is 0 Å². The maximum Gasteiger partial charge on any atom is 0.269 e. The standard InChI is InChI=1S/C16H15IN2O2/c1-10-3-8-14(11(2)9-10)16(21)19-18-15(20)12-4-6-13(17)7-5-12/h3-9H,1-2H3,(H,18,20)(H,19,21). The molecule has 21 heavy (non-hydrogen) atoms. The predicted molar refractivity (Wildman–Crippen MR) is 90.0 cm³/mol. The lowest BCUT2D eigenvalue weighted by Crippen LogP contribution is -2.41. The Hall–Kier alpha value is -1.89. The molecule has 5 heteroatoms. The van der Waals surface area contributed by atoms with Crippen molar-refractivity contribution >= 4 is 34.4 Å². The fraction of sp³-hybridized carbons (Fsp3) is 0.125. The predicted octanol–water partition coefficient (Wildman–Crippen LogP) is 2.98. The zero-order valence-corrected chi connectivity index (χ0v) is 13.9. The first-order chi connectivity index (χ1) is 9.97. The number of rotatable bonds is 2. The summed E-state index contributed by atoms with van der Waals surface area (Å²) in [6.45, 7) is 3.83. The number of carbonyl (C=O) groups is 2. The summed E-state index contributed by atoms with van der Waals surface area (Å²) in [6.07, 6.45) is 0. The highest BCUT2D eigenvalue weighted by molar-refractivity contribution is 14.1. The van der Waals surface area contributed by atoms with Crippen LogP contribution < -0.4 is 10.9 Å². The maximum absolute atomic E-state index is 12.0. The van der Waals surface area contributed by atoms with Crippen molar-refractivity contribution in [1.82, 2.24) is 10.9 Å². The van der Waals surface area contributed by atoms with Crippen LogP contribution in [0.4, 0.5) is 0 Å². The zero-order valence-electron chi connectivity index (χ0n) is 11.7. The molecule has 0 saturated heterocycles. The normalized spacial score (nSPS) is 10.0. The highest BCUT2D eigenvalue weighted by atomic mass is 127. The van der Waals surface area contributed by atoms with Crippen molar-refractivity contribution < 1.29 is 9.59 Å². The second kappa shape index (κ2) is 6.71. The van der Waals surface area contributed by atoms with Crippen molar-refractivity contribution in [2.75, 3.05) is 0 Å². The average Bonchev–Trinajstić information content (AvgIpc) is 2.45. The monoisotopic (exact) mass is 394 g/mol. The first-order valence-corrected chi connectivity index (χ1v) is 7.49. The summed E-state index contributed by atoms with van der Waals surface area (Å²) in [5, 5.41) is 0. The molecule has 0 heterocycles. The van der Waals surface area contributed by atoms with E-state index in [9.17, 15) is 9.59 Å². The molecule has 0 aromatic heterocycles. The van der Waals surface area contributed by atoms with Gasteiger partial charge in [0.15, 0.2) is 0 Å². The molecule has 2 N–H and O–H groups in total. The molecule has 2 aromatic carbocycles. The molecule has 0 unspecified atom stereocenters. The summed E-state index contributed by atoms with van der Waals surface area (Å²) in [5.74, 6) is -0.670. The second-order valence-electron chi connectivity index (χ2n) is 4.73. The molecule has 2 amide bonds. The summed E-state index contributed by atoms with van der Waals surface area (Å²) in [4.78, 5) is 23.9. The SMILES string of the molecule is Cc1ccc(C(=O)NNC(=O)c2ccc(I)cc2)c(C)c1. The van der Waals surface area contributed by atoms with Crippen LogP contribution in [-0.2, 0) is 0 Å². The highest BCUT2D eigenvalue weighted by Gasteiger charge is 2.11. The molecule has 0 saturated carbocycles. The Kier molecular flexibility index (Phi) is 4.95. The number of halogens is 1. The lowest BCUT2D eigenvalue weighted by Gasteiger charge is -2.09. The summed E-state index contributed by atoms with van der Waals surface area (Å²) in [7, 11) is 0. The third-order valence-corrected chi connectivity index (χ3v) is 3.74. The molecule has 2 rings (SSSR count). The van der Waals surface area contributed by atoms with Crippen LogP contribution in [0.15, 0.2) is 42.5 Å². The largest absolute Gasteiger partial charge is 0.269 e. The molecule has 0 fully saturated rings. The number of carbonyl (C=O) groups excluding carboxylic acids is 2. The van der Waals surface area contributed by atoms with Crippen LogP contribution in [-0.4, -0.2) is 11.8 Å². The number of hydrogen-bond donors (Lipinski definition) is 2. The summed E-state index contributed by atoms with van der Waals surface area (Å²) in [6, 6.07) is 12.6. The van der Waals surface area contributed by atoms with E-state index in [0.29, 0.717) is 11.1 Å². The quantitative estimate of drug-likeness (QED) is 0.608. The second-order valence-corrected chi connectivity index (χ2v) is 5.98. The lowest BCUT2D eigenvalue weighted by molar-refractivity contribution is 0.0846. The minimum absolute atomic E-state index is 0.327. The van der Waals surface area contributed by atoms with Gasteiger partial charge in [0, 0.05) is 14.7 Å². The van der Waals surface area contributed by atoms with E-state index in [-0.39, 0.29) is 11.8 Å². The Balaban J connectivity index is 2.00. The number of nitrogens with one attached hydrogen (secondary N) is 2. The Labute approximate surface area is 137 Å². The Morgan fingerprint density at radius 2 is 1.52 bits per heavy atom. The third-order valence-electron chi connectivity index (χ3n) is 3.02. The Morgan fingerprint density at radius 1 is 0.905 bits per heavy atom. The number of hydrazine groups is 1. The average molecular weight is 394 g/mol. The van der Waals surface area contributed by atoms with Gasteiger partial charge in [0.05, 0.1) is 0 Å². The van der Waals surface area contributed by atoms with Crippen molar-refractivity contribution in [2.24, 2.45) is 0 Å². The number of hydrogen-bond acceptors (Lipinski definition) is 2. The van der Waals surface area contributed by atoms with E-state index in [0.717, 1.165) is 14.7 Å². The van der Waals surface area contributed by atoms with Gasteiger partial charge in [-0.05, 0) is 72.3 Å². The van der Waals surface area contributed by atoms with Gasteiger partial charge in [-0.15, -0.1) is 0 Å². The van der Waals surface area contributed by atoms with Gasteiger partial charge in [-0.2, -0.15) is 0 Å². The molecular weight excluding hydrogens is 379 g/mol. The van der Waals surface area contributed by atoms with Gasteiger partial charge >= 0.3 is 0 Å². The van der Waals surface area contributed by atoms with Gasteiger partial charge in [0.25, 0.3) is 11.8 Å². The minimum Gasteiger partial charge on any atom is -0.267 e. The van der Waals surface area contributed by atoms with Crippen LogP contribution >= 0.6 is 22.6 Å². The smallest absolute Gasteiger partial charge is 0.267 e. The van der Waals surface area contributed by atoms with E-state index >= 15 is 0 Å². The van der Waals surface area contributed by atoms with Gasteiger partial charge in [-0.1, -0.05) is 17.7 Å². The highest BCUT2D eigenvalue weighted by Crippen LogP contribution is 2.10. The topological polar surface area (TPSA) is 58.2 Å². The first-order valence-electron chi connectivity index (χ1n) is 6.41. The number of benzene rings is 2. The van der Waals surface area contributed by atoms with Crippen LogP contribution in [0.2, 0.25) is 0 Å². The van der Waals surface area contributed by atoms with E-state index in [2.05, 4.69) is 33.4 Å². The van der Waals surface area contributed by atoms with Gasteiger partial charge in [0.1, 0.15) is 0 Å². The van der Waals surface area contributed by atoms with Crippen LogP contribution in [0.3, 0.4) is 0 Å². The van der Waals surface area contributed by atoms with Gasteiger partial charge < -0.3 is 0 Å². The van der Waals surface area contributed by atoms with E-state index in [1.54, 1.807) is 18.2 Å². The van der Waals surface area contributed by atoms with Crippen molar-refractivity contribution in [3.8, 4) is 0 Å². The van der Waals surface area contributed by atoms with E-state index in [1.165, 1.54) is 0 Å². The van der Waals surface area contributed by atoms with Crippen molar-refractivity contribution in [3.63, 3.8) is 0 Å². The molecule has 4 nitrogen and oxygen atoms in total. The molecular formula is C16H15IN2O2. The van der Waals surface area contributed by atoms with Crippen molar-refractivity contribution in [1.29, 1.82) is 0 Å². The molecule has 2 aromatic rings. The fourth-order valence-corrected chi connectivity index (χ4v) is 2.28. The van der Waals surface area contributed by atoms with Crippen LogP contribution in [0, 0.1) is 17.4 Å². The molecule has 0 atom stereocenters. The molecule has 0 spiro atoms. The van der Waals surface area contributed by atoms with Gasteiger partial charge in [-0.25, -0.2) is 0 Å².